The molecule has 0 spiro atoms. The molecule has 0 saturated heterocycles. The minimum Gasteiger partial charge on any atom is -0.423 e. The second-order valence-electron chi connectivity index (χ2n) is 6.23. The molecule has 1 aromatic carbocycles. The number of hydrogen-bond acceptors (Lipinski definition) is 6. The summed E-state index contributed by atoms with van der Waals surface area (Å²) in [4.78, 5) is 11.9. The van der Waals surface area contributed by atoms with Crippen LogP contribution in [0.2, 0.25) is 0 Å². The number of hydrogen-bond donors (Lipinski definition) is 4. The Bertz CT molecular complexity index is 679. The monoisotopic (exact) mass is 317 g/mol. The molecule has 122 valence electrons. The van der Waals surface area contributed by atoms with Gasteiger partial charge in [0.2, 0.25) is 11.8 Å². The van der Waals surface area contributed by atoms with E-state index in [0.29, 0.717) is 17.0 Å². The van der Waals surface area contributed by atoms with Gasteiger partial charge in [0, 0.05) is 17.2 Å². The Morgan fingerprint density at radius 3 is 2.65 bits per heavy atom. The largest absolute Gasteiger partial charge is 0.488 e. The molecule has 0 radical (unpaired) electrons. The number of anilines is 2. The number of benzene rings is 1. The lowest BCUT2D eigenvalue weighted by Crippen LogP contribution is -2.30. The number of carbonyl (C=O) groups excluding carboxylic acids is 1. The van der Waals surface area contributed by atoms with Gasteiger partial charge in [0.25, 0.3) is 0 Å². The van der Waals surface area contributed by atoms with Crippen molar-refractivity contribution < 1.29 is 19.4 Å². The van der Waals surface area contributed by atoms with Crippen molar-refractivity contribution in [1.82, 2.24) is 5.16 Å². The van der Waals surface area contributed by atoms with Crippen molar-refractivity contribution in [2.75, 3.05) is 17.2 Å². The van der Waals surface area contributed by atoms with Gasteiger partial charge in [-0.25, -0.2) is 0 Å². The summed E-state index contributed by atoms with van der Waals surface area (Å²) in [7, 11) is -1.55. The van der Waals surface area contributed by atoms with Crippen molar-refractivity contribution in [3.63, 3.8) is 0 Å². The highest BCUT2D eigenvalue weighted by Gasteiger charge is 2.19. The molecule has 0 atom stereocenters. The van der Waals surface area contributed by atoms with E-state index in [9.17, 15) is 4.79 Å². The zero-order valence-corrected chi connectivity index (χ0v) is 13.3. The van der Waals surface area contributed by atoms with Crippen LogP contribution in [0.3, 0.4) is 0 Å². The smallest absolute Gasteiger partial charge is 0.423 e. The Morgan fingerprint density at radius 1 is 1.30 bits per heavy atom. The molecule has 0 aliphatic heterocycles. The number of rotatable bonds is 5. The molecule has 0 fully saturated rings. The maximum Gasteiger partial charge on any atom is 0.488 e. The van der Waals surface area contributed by atoms with Gasteiger partial charge in [0.15, 0.2) is 0 Å². The summed E-state index contributed by atoms with van der Waals surface area (Å²) in [5, 5.41) is 27.7. The van der Waals surface area contributed by atoms with Crippen LogP contribution in [0.1, 0.15) is 26.5 Å². The van der Waals surface area contributed by atoms with Crippen LogP contribution in [0.4, 0.5) is 11.6 Å². The molecule has 4 N–H and O–H groups in total. The predicted molar refractivity (Wildman–Crippen MR) is 88.6 cm³/mol. The summed E-state index contributed by atoms with van der Waals surface area (Å²) in [6.45, 7) is 6.01. The van der Waals surface area contributed by atoms with Gasteiger partial charge in [-0.05, 0) is 17.6 Å². The SMILES string of the molecule is CC(C)(C)c1cc(NC(=O)CNc2cccc(B(O)O)c2)on1. The summed E-state index contributed by atoms with van der Waals surface area (Å²) < 4.78 is 5.09. The molecule has 23 heavy (non-hydrogen) atoms. The molecule has 1 amide bonds. The van der Waals surface area contributed by atoms with Crippen LogP contribution in [-0.2, 0) is 10.2 Å². The first-order valence-electron chi connectivity index (χ1n) is 7.23. The van der Waals surface area contributed by atoms with Crippen molar-refractivity contribution in [2.45, 2.75) is 26.2 Å². The molecule has 2 aromatic rings. The number of nitrogens with zero attached hydrogens (tertiary/aromatic N) is 1. The third-order valence-electron chi connectivity index (χ3n) is 3.18. The van der Waals surface area contributed by atoms with Gasteiger partial charge < -0.3 is 19.9 Å². The predicted octanol–water partition coefficient (Wildman–Crippen LogP) is 0.702. The lowest BCUT2D eigenvalue weighted by molar-refractivity contribution is -0.114. The topological polar surface area (TPSA) is 108 Å². The zero-order chi connectivity index (χ0) is 17.0. The van der Waals surface area contributed by atoms with Gasteiger partial charge in [-0.3, -0.25) is 10.1 Å². The zero-order valence-electron chi connectivity index (χ0n) is 13.3. The molecule has 0 saturated carbocycles. The molecule has 2 rings (SSSR count). The van der Waals surface area contributed by atoms with Crippen LogP contribution < -0.4 is 16.1 Å². The second-order valence-corrected chi connectivity index (χ2v) is 6.23. The van der Waals surface area contributed by atoms with E-state index in [1.807, 2.05) is 20.8 Å². The van der Waals surface area contributed by atoms with Crippen molar-refractivity contribution in [3.8, 4) is 0 Å². The highest BCUT2D eigenvalue weighted by Crippen LogP contribution is 2.23. The van der Waals surface area contributed by atoms with E-state index in [1.165, 1.54) is 0 Å². The maximum atomic E-state index is 11.9. The minimum absolute atomic E-state index is 0.0104. The quantitative estimate of drug-likeness (QED) is 0.605. The summed E-state index contributed by atoms with van der Waals surface area (Å²) in [6.07, 6.45) is 0. The number of carbonyl (C=O) groups is 1. The molecule has 0 aliphatic rings. The van der Waals surface area contributed by atoms with Crippen LogP contribution in [0.5, 0.6) is 0 Å². The van der Waals surface area contributed by atoms with Gasteiger partial charge >= 0.3 is 7.12 Å². The normalized spacial score (nSPS) is 11.2. The van der Waals surface area contributed by atoms with Crippen molar-refractivity contribution in [1.29, 1.82) is 0 Å². The minimum atomic E-state index is -1.55. The fourth-order valence-electron chi connectivity index (χ4n) is 1.86. The average Bonchev–Trinajstić information content (AvgIpc) is 2.94. The van der Waals surface area contributed by atoms with E-state index in [2.05, 4.69) is 15.8 Å². The lowest BCUT2D eigenvalue weighted by atomic mass is 9.80. The van der Waals surface area contributed by atoms with Crippen molar-refractivity contribution in [2.24, 2.45) is 0 Å². The first-order chi connectivity index (χ1) is 10.8. The Kier molecular flexibility index (Phi) is 5.07. The third-order valence-corrected chi connectivity index (χ3v) is 3.18. The Hall–Kier alpha value is -2.32. The van der Waals surface area contributed by atoms with Crippen LogP contribution in [-0.4, -0.2) is 34.8 Å². The third kappa shape index (κ3) is 4.83. The first-order valence-corrected chi connectivity index (χ1v) is 7.23. The molecule has 7 nitrogen and oxygen atoms in total. The molecule has 0 bridgehead atoms. The molecular weight excluding hydrogens is 297 g/mol. The molecule has 1 heterocycles. The lowest BCUT2D eigenvalue weighted by Gasteiger charge is -2.12. The van der Waals surface area contributed by atoms with Crippen LogP contribution in [0.15, 0.2) is 34.9 Å². The van der Waals surface area contributed by atoms with E-state index in [0.717, 1.165) is 5.69 Å². The molecule has 0 aliphatic carbocycles. The van der Waals surface area contributed by atoms with Crippen LogP contribution >= 0.6 is 0 Å². The summed E-state index contributed by atoms with van der Waals surface area (Å²) in [6, 6.07) is 8.23. The van der Waals surface area contributed by atoms with E-state index < -0.39 is 7.12 Å². The van der Waals surface area contributed by atoms with Crippen LogP contribution in [0, 0.1) is 0 Å². The summed E-state index contributed by atoms with van der Waals surface area (Å²) in [5.74, 6) is -0.00202. The Balaban J connectivity index is 1.90. The summed E-state index contributed by atoms with van der Waals surface area (Å²) >= 11 is 0. The number of nitrogens with one attached hydrogen (secondary N) is 2. The number of amides is 1. The van der Waals surface area contributed by atoms with Gasteiger partial charge in [-0.15, -0.1) is 0 Å². The second kappa shape index (κ2) is 6.85. The molecule has 0 unspecified atom stereocenters. The van der Waals surface area contributed by atoms with E-state index in [1.54, 1.807) is 30.3 Å². The molecule has 1 aromatic heterocycles. The van der Waals surface area contributed by atoms with Gasteiger partial charge in [0.1, 0.15) is 0 Å². The van der Waals surface area contributed by atoms with Gasteiger partial charge in [-0.2, -0.15) is 0 Å². The van der Waals surface area contributed by atoms with E-state index in [-0.39, 0.29) is 17.9 Å². The van der Waals surface area contributed by atoms with Gasteiger partial charge in [-0.1, -0.05) is 38.1 Å². The average molecular weight is 317 g/mol. The Labute approximate surface area is 134 Å². The summed E-state index contributed by atoms with van der Waals surface area (Å²) in [5.41, 5.74) is 1.56. The first kappa shape index (κ1) is 17.0. The molecular formula is C15H20BN3O4. The van der Waals surface area contributed by atoms with Gasteiger partial charge in [0.05, 0.1) is 12.2 Å². The Morgan fingerprint density at radius 2 is 2.04 bits per heavy atom. The maximum absolute atomic E-state index is 11.9. The van der Waals surface area contributed by atoms with Crippen LogP contribution in [0.25, 0.3) is 0 Å². The number of aromatic nitrogens is 1. The molecule has 8 heteroatoms. The fraction of sp³-hybridized carbons (Fsp3) is 0.333. The van der Waals surface area contributed by atoms with E-state index >= 15 is 0 Å². The standard InChI is InChI=1S/C15H20BN3O4/c1-15(2,3)12-8-14(23-19-12)18-13(20)9-17-11-6-4-5-10(7-11)16(21)22/h4-8,17,21-22H,9H2,1-3H3,(H,18,20). The fourth-order valence-corrected chi connectivity index (χ4v) is 1.86. The highest BCUT2D eigenvalue weighted by atomic mass is 16.5. The van der Waals surface area contributed by atoms with Crippen molar-refractivity contribution in [3.05, 3.63) is 36.0 Å². The van der Waals surface area contributed by atoms with Crippen molar-refractivity contribution >= 4 is 30.1 Å². The van der Waals surface area contributed by atoms with E-state index in [4.69, 9.17) is 14.6 Å². The highest BCUT2D eigenvalue weighted by molar-refractivity contribution is 6.58.